The third-order valence-corrected chi connectivity index (χ3v) is 6.53. The zero-order valence-electron chi connectivity index (χ0n) is 11.1. The van der Waals surface area contributed by atoms with Gasteiger partial charge < -0.3 is 0 Å². The molecular weight excluding hydrogens is 316 g/mol. The fraction of sp³-hybridized carbons (Fsp3) is 0.357. The Morgan fingerprint density at radius 2 is 1.90 bits per heavy atom. The van der Waals surface area contributed by atoms with Gasteiger partial charge in [0.1, 0.15) is 21.5 Å². The lowest BCUT2D eigenvalue weighted by Crippen LogP contribution is -2.21. The predicted molar refractivity (Wildman–Crippen MR) is 78.1 cm³/mol. The van der Waals surface area contributed by atoms with E-state index in [0.717, 1.165) is 11.1 Å². The molecule has 0 saturated carbocycles. The number of rotatable bonds is 2. The van der Waals surface area contributed by atoms with E-state index in [2.05, 4.69) is 4.98 Å². The molecule has 1 fully saturated rings. The van der Waals surface area contributed by atoms with E-state index in [0.29, 0.717) is 23.3 Å². The summed E-state index contributed by atoms with van der Waals surface area (Å²) in [6.45, 7) is 0. The monoisotopic (exact) mass is 329 g/mol. The predicted octanol–water partition coefficient (Wildman–Crippen LogP) is 3.38. The molecule has 3 nitrogen and oxygen atoms in total. The van der Waals surface area contributed by atoms with E-state index in [4.69, 9.17) is 0 Å². The third-order valence-electron chi connectivity index (χ3n) is 3.62. The van der Waals surface area contributed by atoms with Gasteiger partial charge in [0.2, 0.25) is 0 Å². The van der Waals surface area contributed by atoms with Crippen molar-refractivity contribution < 1.29 is 17.2 Å². The second-order valence-electron chi connectivity index (χ2n) is 5.11. The van der Waals surface area contributed by atoms with Gasteiger partial charge >= 0.3 is 0 Å². The number of benzene rings is 1. The lowest BCUT2D eigenvalue weighted by Gasteiger charge is -2.19. The number of hydrogen-bond acceptors (Lipinski definition) is 4. The molecule has 0 atom stereocenters. The minimum atomic E-state index is -2.91. The molecule has 0 spiro atoms. The maximum absolute atomic E-state index is 13.7. The Morgan fingerprint density at radius 1 is 1.19 bits per heavy atom. The Labute approximate surface area is 125 Å². The minimum Gasteiger partial charge on any atom is -0.249 e. The molecule has 0 bridgehead atoms. The van der Waals surface area contributed by atoms with Gasteiger partial charge in [-0.15, -0.1) is 11.3 Å². The summed E-state index contributed by atoms with van der Waals surface area (Å²) in [7, 11) is -2.91. The summed E-state index contributed by atoms with van der Waals surface area (Å²) < 4.78 is 49.5. The van der Waals surface area contributed by atoms with Gasteiger partial charge in [-0.2, -0.15) is 0 Å². The van der Waals surface area contributed by atoms with Gasteiger partial charge in [-0.1, -0.05) is 0 Å². The van der Waals surface area contributed by atoms with Crippen LogP contribution in [0.3, 0.4) is 0 Å². The molecule has 7 heteroatoms. The zero-order chi connectivity index (χ0) is 15.0. The highest BCUT2D eigenvalue weighted by molar-refractivity contribution is 7.91. The molecule has 3 rings (SSSR count). The third kappa shape index (κ3) is 3.13. The molecule has 0 amide bonds. The molecule has 112 valence electrons. The maximum Gasteiger partial charge on any atom is 0.150 e. The van der Waals surface area contributed by atoms with E-state index in [1.807, 2.05) is 0 Å². The van der Waals surface area contributed by atoms with Crippen LogP contribution in [0.15, 0.2) is 24.4 Å². The first-order valence-corrected chi connectivity index (χ1v) is 9.20. The van der Waals surface area contributed by atoms with Crippen LogP contribution in [0, 0.1) is 11.6 Å². The molecule has 1 aliphatic rings. The first-order valence-electron chi connectivity index (χ1n) is 6.56. The molecule has 0 aliphatic carbocycles. The van der Waals surface area contributed by atoms with Crippen molar-refractivity contribution in [1.29, 1.82) is 0 Å². The van der Waals surface area contributed by atoms with Gasteiger partial charge in [-0.3, -0.25) is 0 Å². The van der Waals surface area contributed by atoms with Crippen LogP contribution in [0.25, 0.3) is 10.4 Å². The van der Waals surface area contributed by atoms with Crippen LogP contribution < -0.4 is 0 Å². The van der Waals surface area contributed by atoms with Crippen LogP contribution >= 0.6 is 11.3 Å². The molecule has 0 N–H and O–H groups in total. The van der Waals surface area contributed by atoms with Crippen molar-refractivity contribution in [3.05, 3.63) is 41.0 Å². The van der Waals surface area contributed by atoms with Crippen molar-refractivity contribution in [3.8, 4) is 10.4 Å². The molecule has 1 aromatic heterocycles. The molecule has 0 radical (unpaired) electrons. The molecule has 2 aromatic rings. The van der Waals surface area contributed by atoms with Crippen LogP contribution in [0.5, 0.6) is 0 Å². The van der Waals surface area contributed by atoms with Crippen molar-refractivity contribution in [1.82, 2.24) is 4.98 Å². The van der Waals surface area contributed by atoms with E-state index in [1.165, 1.54) is 23.5 Å². The van der Waals surface area contributed by atoms with Crippen molar-refractivity contribution in [2.75, 3.05) is 11.5 Å². The summed E-state index contributed by atoms with van der Waals surface area (Å²) in [4.78, 5) is 4.93. The number of sulfone groups is 1. The first-order chi connectivity index (χ1) is 9.94. The molecule has 1 saturated heterocycles. The SMILES string of the molecule is O=S1(=O)CCC(c2ncc(-c3ccc(F)cc3F)s2)CC1. The normalized spacial score (nSPS) is 18.8. The van der Waals surface area contributed by atoms with Gasteiger partial charge in [-0.25, -0.2) is 22.2 Å². The molecule has 0 unspecified atom stereocenters. The van der Waals surface area contributed by atoms with Crippen LogP contribution in [-0.4, -0.2) is 24.9 Å². The maximum atomic E-state index is 13.7. The number of thiazole rings is 1. The average molecular weight is 329 g/mol. The second kappa shape index (κ2) is 5.46. The van der Waals surface area contributed by atoms with E-state index in [1.54, 1.807) is 6.20 Å². The van der Waals surface area contributed by atoms with E-state index in [9.17, 15) is 17.2 Å². The molecule has 1 aromatic carbocycles. The molecule has 2 heterocycles. The Kier molecular flexibility index (Phi) is 3.79. The van der Waals surface area contributed by atoms with Gasteiger partial charge in [0.05, 0.1) is 21.4 Å². The van der Waals surface area contributed by atoms with Gasteiger partial charge in [0.15, 0.2) is 0 Å². The molecule has 1 aliphatic heterocycles. The van der Waals surface area contributed by atoms with E-state index >= 15 is 0 Å². The topological polar surface area (TPSA) is 47.0 Å². The van der Waals surface area contributed by atoms with Gasteiger partial charge in [0, 0.05) is 23.7 Å². The van der Waals surface area contributed by atoms with Crippen LogP contribution in [0.4, 0.5) is 8.78 Å². The number of hydrogen-bond donors (Lipinski definition) is 0. The lowest BCUT2D eigenvalue weighted by molar-refractivity contribution is 0.549. The molecule has 21 heavy (non-hydrogen) atoms. The first kappa shape index (κ1) is 14.6. The summed E-state index contributed by atoms with van der Waals surface area (Å²) in [6.07, 6.45) is 2.68. The smallest absolute Gasteiger partial charge is 0.150 e. The highest BCUT2D eigenvalue weighted by Gasteiger charge is 2.27. The lowest BCUT2D eigenvalue weighted by atomic mass is 10.0. The quantitative estimate of drug-likeness (QED) is 0.848. The largest absolute Gasteiger partial charge is 0.249 e. The Morgan fingerprint density at radius 3 is 2.57 bits per heavy atom. The number of aromatic nitrogens is 1. The summed E-state index contributed by atoms with van der Waals surface area (Å²) in [5.41, 5.74) is 0.323. The van der Waals surface area contributed by atoms with Crippen molar-refractivity contribution in [2.45, 2.75) is 18.8 Å². The average Bonchev–Trinajstić information content (AvgIpc) is 2.88. The van der Waals surface area contributed by atoms with E-state index < -0.39 is 21.5 Å². The van der Waals surface area contributed by atoms with Crippen LogP contribution in [0.1, 0.15) is 23.8 Å². The Balaban J connectivity index is 1.84. The van der Waals surface area contributed by atoms with Crippen molar-refractivity contribution >= 4 is 21.2 Å². The summed E-state index contributed by atoms with van der Waals surface area (Å²) in [5.74, 6) is -0.764. The fourth-order valence-electron chi connectivity index (χ4n) is 2.43. The highest BCUT2D eigenvalue weighted by atomic mass is 32.2. The number of halogens is 2. The van der Waals surface area contributed by atoms with Crippen LogP contribution in [-0.2, 0) is 9.84 Å². The number of nitrogens with zero attached hydrogens (tertiary/aromatic N) is 1. The summed E-state index contributed by atoms with van der Waals surface area (Å²) in [5, 5.41) is 0.823. The Bertz CT molecular complexity index is 757. The second-order valence-corrected chi connectivity index (χ2v) is 8.48. The van der Waals surface area contributed by atoms with Gasteiger partial charge in [0.25, 0.3) is 0 Å². The van der Waals surface area contributed by atoms with E-state index in [-0.39, 0.29) is 17.4 Å². The fourth-order valence-corrected chi connectivity index (χ4v) is 5.03. The summed E-state index contributed by atoms with van der Waals surface area (Å²) in [6, 6.07) is 3.46. The highest BCUT2D eigenvalue weighted by Crippen LogP contribution is 2.36. The van der Waals surface area contributed by atoms with Crippen molar-refractivity contribution in [3.63, 3.8) is 0 Å². The van der Waals surface area contributed by atoms with Crippen molar-refractivity contribution in [2.24, 2.45) is 0 Å². The van der Waals surface area contributed by atoms with Gasteiger partial charge in [-0.05, 0) is 25.0 Å². The standard InChI is InChI=1S/C14H13F2NO2S2/c15-10-1-2-11(12(16)7-10)13-8-17-14(20-13)9-3-5-21(18,19)6-4-9/h1-2,7-9H,3-6H2. The Hall–Kier alpha value is -1.34. The zero-order valence-corrected chi connectivity index (χ0v) is 12.7. The minimum absolute atomic E-state index is 0.107. The van der Waals surface area contributed by atoms with Crippen LogP contribution in [0.2, 0.25) is 0 Å². The summed E-state index contributed by atoms with van der Waals surface area (Å²) >= 11 is 1.34. The molecular formula is C14H13F2NO2S2.